The molecule has 4 N–H and O–H groups in total. The van der Waals surface area contributed by atoms with Gasteiger partial charge in [-0.05, 0) is 24.3 Å². The standard InChI is InChI=1S/C11H10N2O/c12-7-10(8-13)2-1-9-3-5-11(14)6-4-9/h3-8,12,14H,13H2/b10-8-,12-7?. The summed E-state index contributed by atoms with van der Waals surface area (Å²) < 4.78 is 0. The molecule has 0 bridgehead atoms. The van der Waals surface area contributed by atoms with Crippen LogP contribution in [0.4, 0.5) is 0 Å². The summed E-state index contributed by atoms with van der Waals surface area (Å²) in [5.41, 5.74) is 6.44. The van der Waals surface area contributed by atoms with Crippen molar-refractivity contribution in [2.45, 2.75) is 0 Å². The number of aromatic hydroxyl groups is 1. The molecule has 3 nitrogen and oxygen atoms in total. The molecule has 0 radical (unpaired) electrons. The number of hydrogen-bond donors (Lipinski definition) is 3. The summed E-state index contributed by atoms with van der Waals surface area (Å²) in [4.78, 5) is 0. The van der Waals surface area contributed by atoms with Crippen LogP contribution in [0.5, 0.6) is 5.75 Å². The van der Waals surface area contributed by atoms with Gasteiger partial charge < -0.3 is 16.2 Å². The quantitative estimate of drug-likeness (QED) is 0.456. The highest BCUT2D eigenvalue weighted by Gasteiger charge is 1.87. The lowest BCUT2D eigenvalue weighted by molar-refractivity contribution is 0.475. The number of nitrogens with two attached hydrogens (primary N) is 1. The Morgan fingerprint density at radius 1 is 1.36 bits per heavy atom. The SMILES string of the molecule is N=C/C(C#Cc1ccc(O)cc1)=C\N. The largest absolute Gasteiger partial charge is 0.508 e. The first kappa shape index (κ1) is 9.87. The first-order valence-corrected chi connectivity index (χ1v) is 3.99. The average molecular weight is 186 g/mol. The Hall–Kier alpha value is -2.21. The van der Waals surface area contributed by atoms with Crippen molar-refractivity contribution in [3.8, 4) is 17.6 Å². The molecule has 0 saturated carbocycles. The van der Waals surface area contributed by atoms with Gasteiger partial charge in [0.1, 0.15) is 5.75 Å². The second-order valence-electron chi connectivity index (χ2n) is 2.56. The van der Waals surface area contributed by atoms with Crippen LogP contribution in [0.1, 0.15) is 5.56 Å². The van der Waals surface area contributed by atoms with Crippen molar-refractivity contribution in [2.75, 3.05) is 0 Å². The summed E-state index contributed by atoms with van der Waals surface area (Å²) >= 11 is 0. The maximum absolute atomic E-state index is 9.01. The topological polar surface area (TPSA) is 70.1 Å². The summed E-state index contributed by atoms with van der Waals surface area (Å²) in [7, 11) is 0. The molecule has 0 spiro atoms. The van der Waals surface area contributed by atoms with E-state index in [1.165, 1.54) is 6.20 Å². The molecule has 0 amide bonds. The predicted molar refractivity (Wildman–Crippen MR) is 56.0 cm³/mol. The van der Waals surface area contributed by atoms with E-state index in [1.54, 1.807) is 24.3 Å². The van der Waals surface area contributed by atoms with Crippen LogP contribution in [-0.4, -0.2) is 11.3 Å². The molecule has 0 heterocycles. The van der Waals surface area contributed by atoms with Crippen molar-refractivity contribution in [3.05, 3.63) is 41.6 Å². The monoisotopic (exact) mass is 186 g/mol. The zero-order valence-electron chi connectivity index (χ0n) is 7.49. The Balaban J connectivity index is 2.87. The molecule has 0 atom stereocenters. The Bertz CT molecular complexity index is 407. The second kappa shape index (κ2) is 4.73. The van der Waals surface area contributed by atoms with E-state index in [-0.39, 0.29) is 5.75 Å². The Labute approximate surface area is 82.4 Å². The molecular formula is C11H10N2O. The summed E-state index contributed by atoms with van der Waals surface area (Å²) in [5, 5.41) is 16.0. The zero-order chi connectivity index (χ0) is 10.4. The van der Waals surface area contributed by atoms with Crippen LogP contribution in [0, 0.1) is 17.3 Å². The second-order valence-corrected chi connectivity index (χ2v) is 2.56. The molecule has 1 aromatic carbocycles. The van der Waals surface area contributed by atoms with Crippen LogP contribution in [0.3, 0.4) is 0 Å². The van der Waals surface area contributed by atoms with Gasteiger partial charge in [-0.25, -0.2) is 0 Å². The molecular weight excluding hydrogens is 176 g/mol. The Morgan fingerprint density at radius 2 is 2.00 bits per heavy atom. The van der Waals surface area contributed by atoms with Gasteiger partial charge in [-0.3, -0.25) is 0 Å². The Morgan fingerprint density at radius 3 is 2.50 bits per heavy atom. The van der Waals surface area contributed by atoms with Crippen molar-refractivity contribution in [1.82, 2.24) is 0 Å². The number of benzene rings is 1. The van der Waals surface area contributed by atoms with Gasteiger partial charge in [-0.15, -0.1) is 0 Å². The van der Waals surface area contributed by atoms with E-state index in [9.17, 15) is 0 Å². The highest BCUT2D eigenvalue weighted by molar-refractivity contribution is 5.82. The number of phenols is 1. The summed E-state index contributed by atoms with van der Waals surface area (Å²) in [6, 6.07) is 6.50. The minimum absolute atomic E-state index is 0.206. The molecule has 0 aromatic heterocycles. The van der Waals surface area contributed by atoms with Gasteiger partial charge in [0.25, 0.3) is 0 Å². The van der Waals surface area contributed by atoms with E-state index in [2.05, 4.69) is 11.8 Å². The third kappa shape index (κ3) is 2.68. The zero-order valence-corrected chi connectivity index (χ0v) is 7.49. The van der Waals surface area contributed by atoms with Gasteiger partial charge in [0.15, 0.2) is 0 Å². The number of allylic oxidation sites excluding steroid dienone is 1. The van der Waals surface area contributed by atoms with Gasteiger partial charge >= 0.3 is 0 Å². The van der Waals surface area contributed by atoms with Crippen LogP contribution in [0.2, 0.25) is 0 Å². The molecule has 0 fully saturated rings. The fourth-order valence-electron chi connectivity index (χ4n) is 0.815. The molecule has 0 unspecified atom stereocenters. The lowest BCUT2D eigenvalue weighted by Crippen LogP contribution is -1.86. The van der Waals surface area contributed by atoms with E-state index >= 15 is 0 Å². The first-order chi connectivity index (χ1) is 6.76. The fourth-order valence-corrected chi connectivity index (χ4v) is 0.815. The Kier molecular flexibility index (Phi) is 3.33. The predicted octanol–water partition coefficient (Wildman–Crippen LogP) is 1.24. The van der Waals surface area contributed by atoms with Gasteiger partial charge in [0.05, 0.1) is 5.57 Å². The molecule has 0 aliphatic heterocycles. The van der Waals surface area contributed by atoms with Gasteiger partial charge in [0, 0.05) is 18.0 Å². The molecule has 0 saturated heterocycles. The average Bonchev–Trinajstić information content (AvgIpc) is 2.22. The first-order valence-electron chi connectivity index (χ1n) is 3.99. The minimum Gasteiger partial charge on any atom is -0.508 e. The molecule has 3 heteroatoms. The summed E-state index contributed by atoms with van der Waals surface area (Å²) in [5.74, 6) is 5.74. The molecule has 70 valence electrons. The highest BCUT2D eigenvalue weighted by Crippen LogP contribution is 2.08. The van der Waals surface area contributed by atoms with E-state index in [0.29, 0.717) is 5.57 Å². The fraction of sp³-hybridized carbons (Fsp3) is 0. The maximum atomic E-state index is 9.01. The van der Waals surface area contributed by atoms with Crippen LogP contribution >= 0.6 is 0 Å². The van der Waals surface area contributed by atoms with Gasteiger partial charge in [-0.2, -0.15) is 0 Å². The van der Waals surface area contributed by atoms with E-state index in [0.717, 1.165) is 11.8 Å². The molecule has 14 heavy (non-hydrogen) atoms. The van der Waals surface area contributed by atoms with Crippen molar-refractivity contribution in [2.24, 2.45) is 5.73 Å². The van der Waals surface area contributed by atoms with Crippen LogP contribution in [0.15, 0.2) is 36.0 Å². The smallest absolute Gasteiger partial charge is 0.115 e. The maximum Gasteiger partial charge on any atom is 0.115 e. The van der Waals surface area contributed by atoms with Crippen molar-refractivity contribution in [3.63, 3.8) is 0 Å². The molecule has 0 aliphatic rings. The minimum atomic E-state index is 0.206. The number of nitrogens with one attached hydrogen (secondary N) is 1. The number of hydrogen-bond acceptors (Lipinski definition) is 3. The van der Waals surface area contributed by atoms with Crippen molar-refractivity contribution < 1.29 is 5.11 Å². The summed E-state index contributed by atoms with van der Waals surface area (Å²) in [6.07, 6.45) is 2.37. The van der Waals surface area contributed by atoms with Crippen LogP contribution < -0.4 is 5.73 Å². The summed E-state index contributed by atoms with van der Waals surface area (Å²) in [6.45, 7) is 0. The molecule has 0 aliphatic carbocycles. The normalized spacial score (nSPS) is 10.1. The van der Waals surface area contributed by atoms with E-state index in [4.69, 9.17) is 16.2 Å². The number of phenolic OH excluding ortho intramolecular Hbond substituents is 1. The van der Waals surface area contributed by atoms with E-state index < -0.39 is 0 Å². The molecule has 1 aromatic rings. The third-order valence-corrected chi connectivity index (χ3v) is 1.55. The van der Waals surface area contributed by atoms with E-state index in [1.807, 2.05) is 0 Å². The van der Waals surface area contributed by atoms with Crippen LogP contribution in [-0.2, 0) is 0 Å². The van der Waals surface area contributed by atoms with Crippen molar-refractivity contribution in [1.29, 1.82) is 5.41 Å². The lowest BCUT2D eigenvalue weighted by atomic mass is 10.2. The van der Waals surface area contributed by atoms with Gasteiger partial charge in [0.2, 0.25) is 0 Å². The number of rotatable bonds is 1. The van der Waals surface area contributed by atoms with Crippen molar-refractivity contribution >= 4 is 6.21 Å². The van der Waals surface area contributed by atoms with Gasteiger partial charge in [-0.1, -0.05) is 11.8 Å². The lowest BCUT2D eigenvalue weighted by Gasteiger charge is -1.90. The molecule has 1 rings (SSSR count). The highest BCUT2D eigenvalue weighted by atomic mass is 16.3. The third-order valence-electron chi connectivity index (χ3n) is 1.55. The van der Waals surface area contributed by atoms with Crippen LogP contribution in [0.25, 0.3) is 0 Å².